The molecule has 0 saturated carbocycles. The molecule has 3 rings (SSSR count). The maximum atomic E-state index is 12.2. The largest absolute Gasteiger partial charge is 0.489 e. The lowest BCUT2D eigenvalue weighted by molar-refractivity contribution is -0.137. The van der Waals surface area contributed by atoms with Crippen molar-refractivity contribution in [2.24, 2.45) is 0 Å². The normalized spacial score (nSPS) is 13.9. The van der Waals surface area contributed by atoms with Gasteiger partial charge in [0.05, 0.1) is 31.1 Å². The number of anilines is 1. The minimum absolute atomic E-state index is 0.0270. The van der Waals surface area contributed by atoms with Gasteiger partial charge >= 0.3 is 0 Å². The predicted octanol–water partition coefficient (Wildman–Crippen LogP) is 0.927. The maximum absolute atomic E-state index is 12.2. The Morgan fingerprint density at radius 1 is 1.19 bits per heavy atom. The second kappa shape index (κ2) is 7.83. The number of nitrogens with zero attached hydrogens (tertiary/aromatic N) is 3. The highest BCUT2D eigenvalue weighted by atomic mass is 16.5. The molecule has 2 N–H and O–H groups in total. The van der Waals surface area contributed by atoms with Crippen LogP contribution in [0.5, 0.6) is 5.75 Å². The SMILES string of the molecule is Cc1ccn(CCOc2ccccc2NC2=CC(=O)N(CCO)C2=O)n1. The number of amides is 2. The number of nitrogens with one attached hydrogen (secondary N) is 1. The molecule has 0 aliphatic carbocycles. The molecule has 26 heavy (non-hydrogen) atoms. The van der Waals surface area contributed by atoms with Gasteiger partial charge in [0, 0.05) is 12.3 Å². The van der Waals surface area contributed by atoms with Crippen molar-refractivity contribution in [3.8, 4) is 5.75 Å². The topological polar surface area (TPSA) is 96.7 Å². The van der Waals surface area contributed by atoms with Gasteiger partial charge in [0.1, 0.15) is 18.1 Å². The molecule has 1 aromatic heterocycles. The van der Waals surface area contributed by atoms with Crippen LogP contribution in [0.2, 0.25) is 0 Å². The second-order valence-electron chi connectivity index (χ2n) is 5.77. The summed E-state index contributed by atoms with van der Waals surface area (Å²) >= 11 is 0. The molecule has 0 bridgehead atoms. The Morgan fingerprint density at radius 3 is 2.73 bits per heavy atom. The van der Waals surface area contributed by atoms with Gasteiger partial charge < -0.3 is 15.2 Å². The third-order valence-electron chi connectivity index (χ3n) is 3.84. The lowest BCUT2D eigenvalue weighted by Gasteiger charge is -2.15. The van der Waals surface area contributed by atoms with E-state index in [2.05, 4.69) is 10.4 Å². The molecule has 2 aromatic rings. The summed E-state index contributed by atoms with van der Waals surface area (Å²) in [6, 6.07) is 9.10. The first-order valence-corrected chi connectivity index (χ1v) is 8.26. The molecule has 0 spiro atoms. The number of ether oxygens (including phenoxy) is 1. The van der Waals surface area contributed by atoms with E-state index in [1.54, 1.807) is 22.9 Å². The highest BCUT2D eigenvalue weighted by Gasteiger charge is 2.30. The average molecular weight is 356 g/mol. The summed E-state index contributed by atoms with van der Waals surface area (Å²) in [5.41, 5.74) is 1.68. The standard InChI is InChI=1S/C18H20N4O4/c1-13-6-7-21(20-13)9-11-26-16-5-3-2-4-14(16)19-15-12-17(24)22(8-10-23)18(15)25/h2-7,12,19,23H,8-11H2,1H3. The number of aryl methyl sites for hydroxylation is 1. The Labute approximate surface area is 150 Å². The summed E-state index contributed by atoms with van der Waals surface area (Å²) in [6.07, 6.45) is 3.10. The van der Waals surface area contributed by atoms with Gasteiger partial charge in [-0.05, 0) is 25.1 Å². The summed E-state index contributed by atoms with van der Waals surface area (Å²) < 4.78 is 7.59. The van der Waals surface area contributed by atoms with Gasteiger partial charge in [-0.25, -0.2) is 0 Å². The van der Waals surface area contributed by atoms with Gasteiger partial charge in [-0.3, -0.25) is 19.2 Å². The van der Waals surface area contributed by atoms with Crippen LogP contribution in [0.25, 0.3) is 0 Å². The van der Waals surface area contributed by atoms with Crippen LogP contribution in [-0.4, -0.2) is 51.4 Å². The van der Waals surface area contributed by atoms with E-state index in [4.69, 9.17) is 9.84 Å². The number of aliphatic hydroxyl groups excluding tert-OH is 1. The number of hydrogen-bond donors (Lipinski definition) is 2. The molecular weight excluding hydrogens is 336 g/mol. The first kappa shape index (κ1) is 17.7. The molecule has 1 aromatic carbocycles. The summed E-state index contributed by atoms with van der Waals surface area (Å²) in [4.78, 5) is 25.1. The van der Waals surface area contributed by atoms with Gasteiger partial charge in [0.15, 0.2) is 0 Å². The molecule has 2 heterocycles. The molecule has 8 heteroatoms. The van der Waals surface area contributed by atoms with Gasteiger partial charge in [0.25, 0.3) is 11.8 Å². The fraction of sp³-hybridized carbons (Fsp3) is 0.278. The van der Waals surface area contributed by atoms with Crippen molar-refractivity contribution < 1.29 is 19.4 Å². The van der Waals surface area contributed by atoms with Crippen LogP contribution in [0.15, 0.2) is 48.3 Å². The van der Waals surface area contributed by atoms with Crippen LogP contribution in [0.1, 0.15) is 5.69 Å². The quantitative estimate of drug-likeness (QED) is 0.683. The number of carbonyl (C=O) groups excluding carboxylic acids is 2. The molecular formula is C18H20N4O4. The van der Waals surface area contributed by atoms with Crippen molar-refractivity contribution in [3.05, 3.63) is 54.0 Å². The van der Waals surface area contributed by atoms with E-state index >= 15 is 0 Å². The van der Waals surface area contributed by atoms with Crippen molar-refractivity contribution in [3.63, 3.8) is 0 Å². The average Bonchev–Trinajstić information content (AvgIpc) is 3.15. The second-order valence-corrected chi connectivity index (χ2v) is 5.77. The number of para-hydroxylation sites is 2. The molecule has 0 unspecified atom stereocenters. The molecule has 136 valence electrons. The zero-order chi connectivity index (χ0) is 18.5. The Kier molecular flexibility index (Phi) is 5.33. The number of β-amino-alcohol motifs (C(OH)–C–C–N with tert-alkyl or cyclic N) is 1. The highest BCUT2D eigenvalue weighted by Crippen LogP contribution is 2.26. The Morgan fingerprint density at radius 2 is 2.00 bits per heavy atom. The van der Waals surface area contributed by atoms with Gasteiger partial charge in [-0.1, -0.05) is 12.1 Å². The molecule has 1 aliphatic heterocycles. The molecule has 1 aliphatic rings. The Bertz CT molecular complexity index is 843. The first-order valence-electron chi connectivity index (χ1n) is 8.26. The van der Waals surface area contributed by atoms with Crippen molar-refractivity contribution in [1.29, 1.82) is 0 Å². The van der Waals surface area contributed by atoms with Gasteiger partial charge in [0.2, 0.25) is 0 Å². The van der Waals surface area contributed by atoms with E-state index in [9.17, 15) is 9.59 Å². The smallest absolute Gasteiger partial charge is 0.277 e. The summed E-state index contributed by atoms with van der Waals surface area (Å²) in [6.45, 7) is 2.62. The number of carbonyl (C=O) groups is 2. The molecule has 0 saturated heterocycles. The van der Waals surface area contributed by atoms with E-state index in [-0.39, 0.29) is 18.8 Å². The minimum atomic E-state index is -0.467. The maximum Gasteiger partial charge on any atom is 0.277 e. The molecule has 0 fully saturated rings. The van der Waals surface area contributed by atoms with Crippen LogP contribution >= 0.6 is 0 Å². The van der Waals surface area contributed by atoms with Gasteiger partial charge in [-0.15, -0.1) is 0 Å². The van der Waals surface area contributed by atoms with Crippen molar-refractivity contribution >= 4 is 17.5 Å². The molecule has 2 amide bonds. The van der Waals surface area contributed by atoms with Crippen molar-refractivity contribution in [1.82, 2.24) is 14.7 Å². The van der Waals surface area contributed by atoms with E-state index in [0.29, 0.717) is 24.6 Å². The summed E-state index contributed by atoms with van der Waals surface area (Å²) in [5, 5.41) is 16.2. The van der Waals surface area contributed by atoms with Crippen LogP contribution in [0, 0.1) is 6.92 Å². The summed E-state index contributed by atoms with van der Waals surface area (Å²) in [7, 11) is 0. The molecule has 0 atom stereocenters. The van der Waals surface area contributed by atoms with Crippen LogP contribution in [0.3, 0.4) is 0 Å². The minimum Gasteiger partial charge on any atom is -0.489 e. The van der Waals surface area contributed by atoms with Crippen LogP contribution in [0.4, 0.5) is 5.69 Å². The van der Waals surface area contributed by atoms with E-state index in [1.807, 2.05) is 25.3 Å². The van der Waals surface area contributed by atoms with Crippen LogP contribution in [-0.2, 0) is 16.1 Å². The lowest BCUT2D eigenvalue weighted by atomic mass is 10.2. The van der Waals surface area contributed by atoms with Crippen molar-refractivity contribution in [2.75, 3.05) is 25.1 Å². The van der Waals surface area contributed by atoms with E-state index < -0.39 is 11.8 Å². The lowest BCUT2D eigenvalue weighted by Crippen LogP contribution is -2.34. The monoisotopic (exact) mass is 356 g/mol. The first-order chi connectivity index (χ1) is 12.6. The predicted molar refractivity (Wildman–Crippen MR) is 94.4 cm³/mol. The zero-order valence-electron chi connectivity index (χ0n) is 14.4. The van der Waals surface area contributed by atoms with E-state index in [0.717, 1.165) is 10.6 Å². The number of rotatable bonds is 8. The third-order valence-corrected chi connectivity index (χ3v) is 3.84. The molecule has 8 nitrogen and oxygen atoms in total. The Hall–Kier alpha value is -3.13. The number of aromatic nitrogens is 2. The number of imide groups is 1. The zero-order valence-corrected chi connectivity index (χ0v) is 14.4. The highest BCUT2D eigenvalue weighted by molar-refractivity contribution is 6.17. The fourth-order valence-corrected chi connectivity index (χ4v) is 2.59. The van der Waals surface area contributed by atoms with Crippen molar-refractivity contribution in [2.45, 2.75) is 13.5 Å². The number of benzene rings is 1. The number of aliphatic hydroxyl groups is 1. The Balaban J connectivity index is 1.65. The van der Waals surface area contributed by atoms with Gasteiger partial charge in [-0.2, -0.15) is 5.10 Å². The summed E-state index contributed by atoms with van der Waals surface area (Å²) in [5.74, 6) is -0.344. The van der Waals surface area contributed by atoms with Crippen LogP contribution < -0.4 is 10.1 Å². The third kappa shape index (κ3) is 3.92. The fourth-order valence-electron chi connectivity index (χ4n) is 2.59. The van der Waals surface area contributed by atoms with E-state index in [1.165, 1.54) is 6.08 Å². The molecule has 0 radical (unpaired) electrons. The number of hydrogen-bond acceptors (Lipinski definition) is 6.